The summed E-state index contributed by atoms with van der Waals surface area (Å²) in [4.78, 5) is 16.1. The Morgan fingerprint density at radius 3 is 1.34 bits per heavy atom. The molecule has 12 rings (SSSR count). The topological polar surface area (TPSA) is 38.7 Å². The summed E-state index contributed by atoms with van der Waals surface area (Å²) in [6.45, 7) is 0. The van der Waals surface area contributed by atoms with E-state index in [2.05, 4.69) is 188 Å². The maximum atomic E-state index is 5.38. The van der Waals surface area contributed by atoms with Crippen LogP contribution in [-0.2, 0) is 0 Å². The summed E-state index contributed by atoms with van der Waals surface area (Å²) < 4.78 is 5.03. The van der Waals surface area contributed by atoms with Crippen LogP contribution in [0.2, 0.25) is 0 Å². The molecular weight excluding hydrogens is 743 g/mol. The van der Waals surface area contributed by atoms with E-state index in [4.69, 9.17) is 15.0 Å². The summed E-state index contributed by atoms with van der Waals surface area (Å²) in [6, 6.07) is 67.3. The van der Waals surface area contributed by atoms with Gasteiger partial charge in [0.05, 0.1) is 0 Å². The van der Waals surface area contributed by atoms with Crippen LogP contribution in [-0.4, -0.2) is 15.0 Å². The molecule has 58 heavy (non-hydrogen) atoms. The van der Waals surface area contributed by atoms with E-state index in [-0.39, 0.29) is 0 Å². The largest absolute Gasteiger partial charge is 0.208 e. The maximum absolute atomic E-state index is 5.38. The first kappa shape index (κ1) is 33.1. The monoisotopic (exact) mass is 773 g/mol. The van der Waals surface area contributed by atoms with E-state index in [0.717, 1.165) is 38.2 Å². The van der Waals surface area contributed by atoms with Crippen LogP contribution in [0.25, 0.3) is 118 Å². The number of rotatable bonds is 5. The van der Waals surface area contributed by atoms with Crippen molar-refractivity contribution in [1.82, 2.24) is 15.0 Å². The molecule has 12 aromatic rings. The van der Waals surface area contributed by atoms with Crippen LogP contribution in [0.15, 0.2) is 188 Å². The van der Waals surface area contributed by atoms with E-state index in [1.807, 2.05) is 11.3 Å². The minimum absolute atomic E-state index is 0.649. The van der Waals surface area contributed by atoms with Crippen molar-refractivity contribution in [3.63, 3.8) is 0 Å². The van der Waals surface area contributed by atoms with E-state index < -0.39 is 0 Å². The standard InChI is InChI=1S/C53H31N3S2/c1-2-13-32(14-3-1)34-26-28-43(38-17-6-4-15-36(34)38)51-54-52(56-53(55-51)45-22-12-21-42-40-19-8-11-24-48(40)58-50(42)45)44-29-27-35(37-16-5-7-18-39(37)44)33-25-30-49-46(31-33)41-20-9-10-23-47(41)57-49/h1-31H. The summed E-state index contributed by atoms with van der Waals surface area (Å²) in [7, 11) is 0. The lowest BCUT2D eigenvalue weighted by molar-refractivity contribution is 1.08. The van der Waals surface area contributed by atoms with E-state index in [1.165, 1.54) is 62.6 Å². The molecule has 3 heterocycles. The molecule has 0 spiro atoms. The second-order valence-corrected chi connectivity index (χ2v) is 16.8. The molecule has 5 heteroatoms. The van der Waals surface area contributed by atoms with Gasteiger partial charge in [-0.1, -0.05) is 146 Å². The van der Waals surface area contributed by atoms with Gasteiger partial charge >= 0.3 is 0 Å². The van der Waals surface area contributed by atoms with Gasteiger partial charge in [-0.3, -0.25) is 0 Å². The van der Waals surface area contributed by atoms with Crippen LogP contribution in [0.4, 0.5) is 0 Å². The highest BCUT2D eigenvalue weighted by atomic mass is 32.1. The summed E-state index contributed by atoms with van der Waals surface area (Å²) in [5.74, 6) is 1.96. The molecule has 0 saturated carbocycles. The molecule has 0 unspecified atom stereocenters. The smallest absolute Gasteiger partial charge is 0.165 e. The predicted octanol–water partition coefficient (Wildman–Crippen LogP) is 15.2. The zero-order valence-electron chi connectivity index (χ0n) is 31.1. The summed E-state index contributed by atoms with van der Waals surface area (Å²) in [6.07, 6.45) is 0. The minimum atomic E-state index is 0.649. The van der Waals surface area contributed by atoms with Gasteiger partial charge in [-0.2, -0.15) is 0 Å². The number of hydrogen-bond acceptors (Lipinski definition) is 5. The third kappa shape index (κ3) is 5.28. The first-order valence-corrected chi connectivity index (χ1v) is 21.1. The average Bonchev–Trinajstić information content (AvgIpc) is 3.87. The van der Waals surface area contributed by atoms with E-state index in [0.29, 0.717) is 17.5 Å². The number of hydrogen-bond donors (Lipinski definition) is 0. The van der Waals surface area contributed by atoms with Gasteiger partial charge in [0.2, 0.25) is 0 Å². The van der Waals surface area contributed by atoms with Crippen molar-refractivity contribution >= 4 is 84.6 Å². The molecule has 0 aliphatic rings. The van der Waals surface area contributed by atoms with Crippen LogP contribution in [0.1, 0.15) is 0 Å². The average molecular weight is 774 g/mol. The van der Waals surface area contributed by atoms with E-state index in [1.54, 1.807) is 11.3 Å². The molecule has 0 atom stereocenters. The predicted molar refractivity (Wildman–Crippen MR) is 248 cm³/mol. The molecule has 0 amide bonds. The molecule has 9 aromatic carbocycles. The fourth-order valence-corrected chi connectivity index (χ4v) is 11.0. The Labute approximate surface area is 342 Å². The molecule has 0 fully saturated rings. The fraction of sp³-hybridized carbons (Fsp3) is 0. The Morgan fingerprint density at radius 2 is 0.707 bits per heavy atom. The number of nitrogens with zero attached hydrogens (tertiary/aromatic N) is 3. The van der Waals surface area contributed by atoms with Crippen molar-refractivity contribution < 1.29 is 0 Å². The van der Waals surface area contributed by atoms with Gasteiger partial charge < -0.3 is 0 Å². The van der Waals surface area contributed by atoms with E-state index >= 15 is 0 Å². The number of thiophene rings is 2. The molecule has 0 radical (unpaired) electrons. The summed E-state index contributed by atoms with van der Waals surface area (Å²) >= 11 is 3.64. The summed E-state index contributed by atoms with van der Waals surface area (Å²) in [5, 5.41) is 9.57. The Hall–Kier alpha value is -7.05. The fourth-order valence-electron chi connectivity index (χ4n) is 8.66. The highest BCUT2D eigenvalue weighted by molar-refractivity contribution is 7.26. The van der Waals surface area contributed by atoms with E-state index in [9.17, 15) is 0 Å². The van der Waals surface area contributed by atoms with Crippen LogP contribution in [0.3, 0.4) is 0 Å². The van der Waals surface area contributed by atoms with Crippen molar-refractivity contribution in [1.29, 1.82) is 0 Å². The highest BCUT2D eigenvalue weighted by Gasteiger charge is 2.20. The third-order valence-corrected chi connectivity index (χ3v) is 13.8. The van der Waals surface area contributed by atoms with Crippen LogP contribution in [0.5, 0.6) is 0 Å². The zero-order chi connectivity index (χ0) is 38.2. The van der Waals surface area contributed by atoms with Crippen molar-refractivity contribution in [2.24, 2.45) is 0 Å². The second kappa shape index (κ2) is 13.3. The Morgan fingerprint density at radius 1 is 0.259 bits per heavy atom. The highest BCUT2D eigenvalue weighted by Crippen LogP contribution is 2.43. The van der Waals surface area contributed by atoms with Gasteiger partial charge in [-0.05, 0) is 86.3 Å². The number of benzene rings is 9. The Bertz CT molecular complexity index is 3580. The lowest BCUT2D eigenvalue weighted by atomic mass is 9.93. The number of aromatic nitrogens is 3. The van der Waals surface area contributed by atoms with Crippen LogP contribution >= 0.6 is 22.7 Å². The maximum Gasteiger partial charge on any atom is 0.165 e. The lowest BCUT2D eigenvalue weighted by Gasteiger charge is -2.15. The molecule has 0 bridgehead atoms. The first-order chi connectivity index (χ1) is 28.7. The number of fused-ring (bicyclic) bond motifs is 8. The Kier molecular flexibility index (Phi) is 7.58. The molecule has 3 aromatic heterocycles. The molecule has 3 nitrogen and oxygen atoms in total. The second-order valence-electron chi connectivity index (χ2n) is 14.7. The minimum Gasteiger partial charge on any atom is -0.208 e. The van der Waals surface area contributed by atoms with Crippen molar-refractivity contribution in [3.8, 4) is 56.4 Å². The quantitative estimate of drug-likeness (QED) is 0.175. The van der Waals surface area contributed by atoms with Gasteiger partial charge in [-0.25, -0.2) is 15.0 Å². The Balaban J connectivity index is 1.10. The lowest BCUT2D eigenvalue weighted by Crippen LogP contribution is -2.01. The molecule has 270 valence electrons. The molecule has 0 aliphatic carbocycles. The van der Waals surface area contributed by atoms with Gasteiger partial charge in [0.25, 0.3) is 0 Å². The van der Waals surface area contributed by atoms with Gasteiger partial charge in [0.1, 0.15) is 0 Å². The summed E-state index contributed by atoms with van der Waals surface area (Å²) in [5.41, 5.74) is 7.68. The first-order valence-electron chi connectivity index (χ1n) is 19.4. The SMILES string of the molecule is c1ccc(-c2ccc(-c3nc(-c4ccc(-c5ccc6sc7ccccc7c6c5)c5ccccc45)nc(-c4cccc5c4sc4ccccc45)n3)c3ccccc23)cc1. The molecule has 0 N–H and O–H groups in total. The zero-order valence-corrected chi connectivity index (χ0v) is 32.7. The molecule has 0 saturated heterocycles. The third-order valence-electron chi connectivity index (χ3n) is 11.4. The molecule has 0 aliphatic heterocycles. The van der Waals surface area contributed by atoms with Crippen molar-refractivity contribution in [2.45, 2.75) is 0 Å². The van der Waals surface area contributed by atoms with Crippen LogP contribution in [0, 0.1) is 0 Å². The van der Waals surface area contributed by atoms with Crippen molar-refractivity contribution in [3.05, 3.63) is 188 Å². The van der Waals surface area contributed by atoms with Crippen LogP contribution < -0.4 is 0 Å². The normalized spacial score (nSPS) is 11.8. The van der Waals surface area contributed by atoms with Gasteiger partial charge in [-0.15, -0.1) is 22.7 Å². The van der Waals surface area contributed by atoms with Gasteiger partial charge in [0.15, 0.2) is 17.5 Å². The van der Waals surface area contributed by atoms with Crippen molar-refractivity contribution in [2.75, 3.05) is 0 Å². The van der Waals surface area contributed by atoms with Gasteiger partial charge in [0, 0.05) is 57.0 Å². The molecular formula is C53H31N3S2.